The van der Waals surface area contributed by atoms with Gasteiger partial charge >= 0.3 is 0 Å². The molecule has 1 amide bonds. The number of amides is 1. The largest absolute Gasteiger partial charge is 0.356 e. The first-order valence-electron chi connectivity index (χ1n) is 5.44. The minimum absolute atomic E-state index is 0.189. The van der Waals surface area contributed by atoms with Crippen molar-refractivity contribution in [3.63, 3.8) is 0 Å². The number of hydrogen-bond acceptors (Lipinski definition) is 2. The van der Waals surface area contributed by atoms with Gasteiger partial charge in [0.1, 0.15) is 0 Å². The lowest BCUT2D eigenvalue weighted by Gasteiger charge is -2.21. The molecule has 1 rings (SSSR count). The van der Waals surface area contributed by atoms with Gasteiger partial charge in [0.15, 0.2) is 0 Å². The van der Waals surface area contributed by atoms with Crippen LogP contribution in [0.5, 0.6) is 0 Å². The van der Waals surface area contributed by atoms with Crippen molar-refractivity contribution in [1.29, 1.82) is 0 Å². The molecule has 1 saturated heterocycles. The summed E-state index contributed by atoms with van der Waals surface area (Å²) in [6.07, 6.45) is 7.16. The summed E-state index contributed by atoms with van der Waals surface area (Å²) in [6.45, 7) is 4.66. The van der Waals surface area contributed by atoms with Crippen LogP contribution in [-0.2, 0) is 4.79 Å². The predicted molar refractivity (Wildman–Crippen MR) is 58.0 cm³/mol. The van der Waals surface area contributed by atoms with Crippen molar-refractivity contribution in [3.05, 3.63) is 12.2 Å². The van der Waals surface area contributed by atoms with Crippen LogP contribution in [0, 0.1) is 5.92 Å². The molecule has 0 bridgehead atoms. The molecule has 2 N–H and O–H groups in total. The van der Waals surface area contributed by atoms with Gasteiger partial charge in [-0.3, -0.25) is 4.79 Å². The molecule has 3 nitrogen and oxygen atoms in total. The second-order valence-corrected chi connectivity index (χ2v) is 3.69. The van der Waals surface area contributed by atoms with E-state index in [-0.39, 0.29) is 11.8 Å². The Morgan fingerprint density at radius 3 is 3.14 bits per heavy atom. The molecule has 14 heavy (non-hydrogen) atoms. The summed E-state index contributed by atoms with van der Waals surface area (Å²) >= 11 is 0. The third-order valence-electron chi connectivity index (χ3n) is 2.51. The molecule has 1 aliphatic heterocycles. The van der Waals surface area contributed by atoms with Gasteiger partial charge in [-0.1, -0.05) is 12.2 Å². The standard InChI is InChI=1S/C11H20N2O/c1-2-3-4-8-13-11(14)10-6-5-7-12-9-10/h2-3,10,12H,4-9H2,1H3,(H,13,14)/b3-2+/t10-/m1/s1. The van der Waals surface area contributed by atoms with Crippen LogP contribution in [0.15, 0.2) is 12.2 Å². The number of hydrogen-bond donors (Lipinski definition) is 2. The van der Waals surface area contributed by atoms with E-state index < -0.39 is 0 Å². The quantitative estimate of drug-likeness (QED) is 0.521. The smallest absolute Gasteiger partial charge is 0.224 e. The fraction of sp³-hybridized carbons (Fsp3) is 0.727. The molecule has 1 atom stereocenters. The van der Waals surface area contributed by atoms with Crippen molar-refractivity contribution in [3.8, 4) is 0 Å². The first-order chi connectivity index (χ1) is 6.84. The lowest BCUT2D eigenvalue weighted by molar-refractivity contribution is -0.125. The zero-order valence-electron chi connectivity index (χ0n) is 8.88. The summed E-state index contributed by atoms with van der Waals surface area (Å²) in [7, 11) is 0. The molecule has 3 heteroatoms. The van der Waals surface area contributed by atoms with E-state index >= 15 is 0 Å². The molecule has 0 aliphatic carbocycles. The van der Waals surface area contributed by atoms with Gasteiger partial charge in [0.2, 0.25) is 5.91 Å². The number of carbonyl (C=O) groups is 1. The van der Waals surface area contributed by atoms with Crippen LogP contribution in [0.2, 0.25) is 0 Å². The van der Waals surface area contributed by atoms with Crippen LogP contribution in [0.1, 0.15) is 26.2 Å². The second-order valence-electron chi connectivity index (χ2n) is 3.69. The summed E-state index contributed by atoms with van der Waals surface area (Å²) in [4.78, 5) is 11.6. The Bertz CT molecular complexity index is 195. The third-order valence-corrected chi connectivity index (χ3v) is 2.51. The number of piperidine rings is 1. The molecule has 0 unspecified atom stereocenters. The van der Waals surface area contributed by atoms with Crippen molar-refractivity contribution < 1.29 is 4.79 Å². The molecule has 0 spiro atoms. The number of nitrogens with one attached hydrogen (secondary N) is 2. The fourth-order valence-corrected chi connectivity index (χ4v) is 1.67. The monoisotopic (exact) mass is 196 g/mol. The van der Waals surface area contributed by atoms with Crippen molar-refractivity contribution in [2.45, 2.75) is 26.2 Å². The fourth-order valence-electron chi connectivity index (χ4n) is 1.67. The topological polar surface area (TPSA) is 41.1 Å². The highest BCUT2D eigenvalue weighted by Crippen LogP contribution is 2.09. The minimum atomic E-state index is 0.189. The van der Waals surface area contributed by atoms with Gasteiger partial charge in [0.25, 0.3) is 0 Å². The lowest BCUT2D eigenvalue weighted by Crippen LogP contribution is -2.40. The molecule has 0 aromatic heterocycles. The molecule has 0 aromatic rings. The van der Waals surface area contributed by atoms with E-state index in [0.29, 0.717) is 0 Å². The van der Waals surface area contributed by atoms with Crippen LogP contribution < -0.4 is 10.6 Å². The third kappa shape index (κ3) is 3.92. The Morgan fingerprint density at radius 2 is 2.50 bits per heavy atom. The highest BCUT2D eigenvalue weighted by atomic mass is 16.1. The SMILES string of the molecule is C/C=C/CCNC(=O)[C@@H]1CCCNC1. The first kappa shape index (κ1) is 11.2. The van der Waals surface area contributed by atoms with Crippen molar-refractivity contribution in [1.82, 2.24) is 10.6 Å². The second kappa shape index (κ2) is 6.60. The Hall–Kier alpha value is -0.830. The summed E-state index contributed by atoms with van der Waals surface area (Å²) in [5.41, 5.74) is 0. The Morgan fingerprint density at radius 1 is 1.64 bits per heavy atom. The normalized spacial score (nSPS) is 22.5. The molecule has 1 aliphatic rings. The number of rotatable bonds is 4. The molecule has 1 fully saturated rings. The van der Waals surface area contributed by atoms with Crippen molar-refractivity contribution >= 4 is 5.91 Å². The van der Waals surface area contributed by atoms with E-state index in [9.17, 15) is 4.79 Å². The average molecular weight is 196 g/mol. The molecule has 80 valence electrons. The highest BCUT2D eigenvalue weighted by molar-refractivity contribution is 5.78. The van der Waals surface area contributed by atoms with E-state index in [2.05, 4.69) is 16.7 Å². The van der Waals surface area contributed by atoms with Gasteiger partial charge < -0.3 is 10.6 Å². The Balaban J connectivity index is 2.13. The van der Waals surface area contributed by atoms with Gasteiger partial charge in [-0.05, 0) is 32.7 Å². The molecule has 0 aromatic carbocycles. The average Bonchev–Trinajstić information content (AvgIpc) is 2.25. The summed E-state index contributed by atoms with van der Waals surface area (Å²) < 4.78 is 0. The number of allylic oxidation sites excluding steroid dienone is 1. The first-order valence-corrected chi connectivity index (χ1v) is 5.44. The number of carbonyl (C=O) groups excluding carboxylic acids is 1. The van der Waals surface area contributed by atoms with Gasteiger partial charge in [0.05, 0.1) is 5.92 Å². The molecule has 1 heterocycles. The lowest BCUT2D eigenvalue weighted by atomic mass is 9.99. The van der Waals surface area contributed by atoms with Gasteiger partial charge in [-0.25, -0.2) is 0 Å². The zero-order chi connectivity index (χ0) is 10.2. The molecule has 0 saturated carbocycles. The minimum Gasteiger partial charge on any atom is -0.356 e. The summed E-state index contributed by atoms with van der Waals surface area (Å²) in [6, 6.07) is 0. The Labute approximate surface area is 86.0 Å². The highest BCUT2D eigenvalue weighted by Gasteiger charge is 2.19. The Kier molecular flexibility index (Phi) is 5.30. The molecular formula is C11H20N2O. The molecular weight excluding hydrogens is 176 g/mol. The van der Waals surface area contributed by atoms with Crippen LogP contribution in [0.3, 0.4) is 0 Å². The van der Waals surface area contributed by atoms with E-state index in [4.69, 9.17) is 0 Å². The maximum atomic E-state index is 11.6. The van der Waals surface area contributed by atoms with Crippen LogP contribution in [0.25, 0.3) is 0 Å². The zero-order valence-corrected chi connectivity index (χ0v) is 8.88. The summed E-state index contributed by atoms with van der Waals surface area (Å²) in [5, 5.41) is 6.20. The van der Waals surface area contributed by atoms with E-state index in [0.717, 1.165) is 38.9 Å². The maximum absolute atomic E-state index is 11.6. The van der Waals surface area contributed by atoms with Gasteiger partial charge in [-0.2, -0.15) is 0 Å². The molecule has 0 radical (unpaired) electrons. The van der Waals surface area contributed by atoms with E-state index in [1.807, 2.05) is 13.0 Å². The predicted octanol–water partition coefficient (Wildman–Crippen LogP) is 1.07. The maximum Gasteiger partial charge on any atom is 0.224 e. The van der Waals surface area contributed by atoms with Crippen LogP contribution >= 0.6 is 0 Å². The van der Waals surface area contributed by atoms with E-state index in [1.165, 1.54) is 0 Å². The van der Waals surface area contributed by atoms with Crippen molar-refractivity contribution in [2.75, 3.05) is 19.6 Å². The van der Waals surface area contributed by atoms with Crippen LogP contribution in [-0.4, -0.2) is 25.5 Å². The van der Waals surface area contributed by atoms with Crippen LogP contribution in [0.4, 0.5) is 0 Å². The van der Waals surface area contributed by atoms with E-state index in [1.54, 1.807) is 0 Å². The van der Waals surface area contributed by atoms with Gasteiger partial charge in [0, 0.05) is 13.1 Å². The van der Waals surface area contributed by atoms with Crippen molar-refractivity contribution in [2.24, 2.45) is 5.92 Å². The van der Waals surface area contributed by atoms with Gasteiger partial charge in [-0.15, -0.1) is 0 Å². The summed E-state index contributed by atoms with van der Waals surface area (Å²) in [5.74, 6) is 0.399.